The lowest BCUT2D eigenvalue weighted by Crippen LogP contribution is -2.23. The van der Waals surface area contributed by atoms with Crippen LogP contribution in [0.3, 0.4) is 0 Å². The Morgan fingerprint density at radius 1 is 1.07 bits per heavy atom. The predicted octanol–water partition coefficient (Wildman–Crippen LogP) is 3.50. The fourth-order valence-electron chi connectivity index (χ4n) is 2.40. The molecule has 0 aliphatic heterocycles. The predicted molar refractivity (Wildman–Crippen MR) is 103 cm³/mol. The van der Waals surface area contributed by atoms with Crippen LogP contribution in [0.1, 0.15) is 29.8 Å². The first kappa shape index (κ1) is 18.5. The Hall–Kier alpha value is -3.28. The van der Waals surface area contributed by atoms with Crippen molar-refractivity contribution in [1.82, 2.24) is 20.3 Å². The minimum Gasteiger partial charge on any atom is -0.477 e. The summed E-state index contributed by atoms with van der Waals surface area (Å²) in [5.41, 5.74) is 3.29. The van der Waals surface area contributed by atoms with E-state index >= 15 is 0 Å². The maximum absolute atomic E-state index is 12.3. The number of amides is 1. The summed E-state index contributed by atoms with van der Waals surface area (Å²) in [6.45, 7) is 5.15. The van der Waals surface area contributed by atoms with Crippen molar-refractivity contribution in [1.29, 1.82) is 0 Å². The zero-order valence-corrected chi connectivity index (χ0v) is 15.4. The number of rotatable bonds is 7. The second-order valence-corrected chi connectivity index (χ2v) is 6.56. The van der Waals surface area contributed by atoms with Crippen LogP contribution in [0.5, 0.6) is 5.88 Å². The fourth-order valence-corrected chi connectivity index (χ4v) is 2.40. The van der Waals surface area contributed by atoms with Crippen molar-refractivity contribution >= 4 is 5.91 Å². The molecular formula is C21H22N4O2. The van der Waals surface area contributed by atoms with Gasteiger partial charge in [-0.2, -0.15) is 0 Å². The van der Waals surface area contributed by atoms with Crippen LogP contribution in [0, 0.1) is 5.92 Å². The van der Waals surface area contributed by atoms with Crippen LogP contribution in [-0.4, -0.2) is 27.5 Å². The third-order valence-corrected chi connectivity index (χ3v) is 3.82. The van der Waals surface area contributed by atoms with Crippen LogP contribution >= 0.6 is 0 Å². The zero-order chi connectivity index (χ0) is 19.1. The van der Waals surface area contributed by atoms with Crippen molar-refractivity contribution in [2.75, 3.05) is 6.61 Å². The third kappa shape index (κ3) is 5.34. The van der Waals surface area contributed by atoms with E-state index in [4.69, 9.17) is 4.74 Å². The molecule has 0 aromatic carbocycles. The highest BCUT2D eigenvalue weighted by molar-refractivity contribution is 5.93. The average molecular weight is 362 g/mol. The Morgan fingerprint density at radius 3 is 2.59 bits per heavy atom. The van der Waals surface area contributed by atoms with Gasteiger partial charge in [-0.25, -0.2) is 4.98 Å². The number of hydrogen-bond acceptors (Lipinski definition) is 5. The molecule has 3 aromatic rings. The van der Waals surface area contributed by atoms with Crippen molar-refractivity contribution in [3.05, 3.63) is 72.3 Å². The molecule has 3 rings (SSSR count). The van der Waals surface area contributed by atoms with Gasteiger partial charge in [0.2, 0.25) is 5.88 Å². The Morgan fingerprint density at radius 2 is 1.89 bits per heavy atom. The van der Waals surface area contributed by atoms with Gasteiger partial charge in [0.05, 0.1) is 17.9 Å². The van der Waals surface area contributed by atoms with Crippen LogP contribution in [0.25, 0.3) is 11.3 Å². The summed E-state index contributed by atoms with van der Waals surface area (Å²) in [4.78, 5) is 24.9. The van der Waals surface area contributed by atoms with Gasteiger partial charge < -0.3 is 10.1 Å². The normalized spacial score (nSPS) is 10.6. The molecule has 0 bridgehead atoms. The molecule has 3 heterocycles. The lowest BCUT2D eigenvalue weighted by Gasteiger charge is -2.09. The number of hydrogen-bond donors (Lipinski definition) is 1. The molecule has 0 spiro atoms. The molecule has 6 heteroatoms. The van der Waals surface area contributed by atoms with E-state index in [9.17, 15) is 4.79 Å². The molecule has 6 nitrogen and oxygen atoms in total. The molecule has 27 heavy (non-hydrogen) atoms. The molecule has 1 N–H and O–H groups in total. The number of carbonyl (C=O) groups is 1. The number of nitrogens with zero attached hydrogens (tertiary/aromatic N) is 3. The first-order chi connectivity index (χ1) is 13.1. The van der Waals surface area contributed by atoms with Gasteiger partial charge in [0.15, 0.2) is 0 Å². The van der Waals surface area contributed by atoms with Crippen molar-refractivity contribution in [3.63, 3.8) is 0 Å². The lowest BCUT2D eigenvalue weighted by molar-refractivity contribution is 0.0950. The first-order valence-corrected chi connectivity index (χ1v) is 8.84. The Labute approximate surface area is 158 Å². The molecule has 0 aliphatic rings. The summed E-state index contributed by atoms with van der Waals surface area (Å²) in [5, 5.41) is 2.90. The maximum Gasteiger partial charge on any atom is 0.253 e. The Balaban J connectivity index is 1.59. The number of nitrogens with one attached hydrogen (secondary N) is 1. The third-order valence-electron chi connectivity index (χ3n) is 3.82. The number of aromatic nitrogens is 3. The smallest absolute Gasteiger partial charge is 0.253 e. The highest BCUT2D eigenvalue weighted by Crippen LogP contribution is 2.16. The fraction of sp³-hybridized carbons (Fsp3) is 0.238. The summed E-state index contributed by atoms with van der Waals surface area (Å²) >= 11 is 0. The second-order valence-electron chi connectivity index (χ2n) is 6.56. The van der Waals surface area contributed by atoms with Crippen LogP contribution in [0.2, 0.25) is 0 Å². The molecular weight excluding hydrogens is 340 g/mol. The quantitative estimate of drug-likeness (QED) is 0.696. The van der Waals surface area contributed by atoms with Crippen molar-refractivity contribution in [3.8, 4) is 17.1 Å². The molecule has 0 atom stereocenters. The Bertz CT molecular complexity index is 880. The highest BCUT2D eigenvalue weighted by atomic mass is 16.5. The molecule has 138 valence electrons. The van der Waals surface area contributed by atoms with E-state index in [2.05, 4.69) is 34.1 Å². The SMILES string of the molecule is CC(C)COc1ccc(C(=O)NCc2ccnc(-c3ccncc3)c2)cn1. The van der Waals surface area contributed by atoms with Gasteiger partial charge in [-0.05, 0) is 41.8 Å². The lowest BCUT2D eigenvalue weighted by atomic mass is 10.1. The highest BCUT2D eigenvalue weighted by Gasteiger charge is 2.08. The second kappa shape index (κ2) is 8.89. The molecule has 0 saturated heterocycles. The summed E-state index contributed by atoms with van der Waals surface area (Å²) in [6, 6.07) is 11.1. The van der Waals surface area contributed by atoms with Gasteiger partial charge in [0, 0.05) is 43.0 Å². The molecule has 3 aromatic heterocycles. The van der Waals surface area contributed by atoms with E-state index in [0.29, 0.717) is 30.5 Å². The molecule has 0 saturated carbocycles. The number of pyridine rings is 3. The van der Waals surface area contributed by atoms with Crippen LogP contribution < -0.4 is 10.1 Å². The van der Waals surface area contributed by atoms with E-state index in [0.717, 1.165) is 16.8 Å². The maximum atomic E-state index is 12.3. The molecule has 0 fully saturated rings. The standard InChI is InChI=1S/C21H22N4O2/c1-15(2)14-27-20-4-3-18(13-24-20)21(26)25-12-16-5-10-23-19(11-16)17-6-8-22-9-7-17/h3-11,13,15H,12,14H2,1-2H3,(H,25,26). The molecule has 1 amide bonds. The minimum atomic E-state index is -0.180. The van der Waals surface area contributed by atoms with Gasteiger partial charge in [-0.15, -0.1) is 0 Å². The van der Waals surface area contributed by atoms with Crippen LogP contribution in [0.4, 0.5) is 0 Å². The molecule has 0 aliphatic carbocycles. The van der Waals surface area contributed by atoms with Crippen LogP contribution in [0.15, 0.2) is 61.2 Å². The Kier molecular flexibility index (Phi) is 6.10. The monoisotopic (exact) mass is 362 g/mol. The van der Waals surface area contributed by atoms with E-state index in [-0.39, 0.29) is 5.91 Å². The molecule has 0 radical (unpaired) electrons. The minimum absolute atomic E-state index is 0.180. The summed E-state index contributed by atoms with van der Waals surface area (Å²) in [7, 11) is 0. The number of ether oxygens (including phenoxy) is 1. The number of carbonyl (C=O) groups excluding carboxylic acids is 1. The van der Waals surface area contributed by atoms with Crippen molar-refractivity contribution < 1.29 is 9.53 Å². The van der Waals surface area contributed by atoms with Gasteiger partial charge in [0.1, 0.15) is 0 Å². The van der Waals surface area contributed by atoms with E-state index < -0.39 is 0 Å². The van der Waals surface area contributed by atoms with Gasteiger partial charge >= 0.3 is 0 Å². The summed E-state index contributed by atoms with van der Waals surface area (Å²) in [5.74, 6) is 0.767. The van der Waals surface area contributed by atoms with Gasteiger partial charge in [-0.1, -0.05) is 13.8 Å². The van der Waals surface area contributed by atoms with Crippen molar-refractivity contribution in [2.24, 2.45) is 5.92 Å². The summed E-state index contributed by atoms with van der Waals surface area (Å²) in [6.07, 6.45) is 6.72. The van der Waals surface area contributed by atoms with Crippen LogP contribution in [-0.2, 0) is 6.54 Å². The zero-order valence-electron chi connectivity index (χ0n) is 15.4. The van der Waals surface area contributed by atoms with Crippen molar-refractivity contribution in [2.45, 2.75) is 20.4 Å². The average Bonchev–Trinajstić information content (AvgIpc) is 2.72. The van der Waals surface area contributed by atoms with Gasteiger partial charge in [0.25, 0.3) is 5.91 Å². The van der Waals surface area contributed by atoms with Gasteiger partial charge in [-0.3, -0.25) is 14.8 Å². The first-order valence-electron chi connectivity index (χ1n) is 8.84. The largest absolute Gasteiger partial charge is 0.477 e. The van der Waals surface area contributed by atoms with E-state index in [1.165, 1.54) is 6.20 Å². The topological polar surface area (TPSA) is 77.0 Å². The van der Waals surface area contributed by atoms with E-state index in [1.54, 1.807) is 30.7 Å². The molecule has 0 unspecified atom stereocenters. The summed E-state index contributed by atoms with van der Waals surface area (Å²) < 4.78 is 5.53. The van der Waals surface area contributed by atoms with E-state index in [1.807, 2.05) is 24.3 Å².